The number of carbonyl (C=O) groups is 1. The molecular formula is C13H9ClN2O2. The van der Waals surface area contributed by atoms with Crippen LogP contribution in [0.2, 0.25) is 5.02 Å². The number of hydrogen-bond acceptors (Lipinski definition) is 3. The molecule has 0 radical (unpaired) electrons. The highest BCUT2D eigenvalue weighted by atomic mass is 35.5. The molecule has 2 heterocycles. The number of hydrogen-bond donors (Lipinski definition) is 2. The first-order valence-corrected chi connectivity index (χ1v) is 5.73. The second kappa shape index (κ2) is 4.23. The van der Waals surface area contributed by atoms with Crippen molar-refractivity contribution >= 4 is 35.0 Å². The normalized spacial score (nSPS) is 16.1. The molecule has 0 saturated carbocycles. The summed E-state index contributed by atoms with van der Waals surface area (Å²) in [4.78, 5) is 11.9. The molecule has 1 amide bonds. The zero-order chi connectivity index (χ0) is 12.5. The van der Waals surface area contributed by atoms with E-state index in [1.165, 1.54) is 0 Å². The van der Waals surface area contributed by atoms with Crippen LogP contribution in [0.5, 0.6) is 0 Å². The van der Waals surface area contributed by atoms with Crippen molar-refractivity contribution in [2.24, 2.45) is 0 Å². The molecule has 90 valence electrons. The molecule has 1 aliphatic rings. The average molecular weight is 261 g/mol. The third-order valence-electron chi connectivity index (χ3n) is 2.57. The van der Waals surface area contributed by atoms with E-state index < -0.39 is 0 Å². The molecule has 1 aromatic carbocycles. The van der Waals surface area contributed by atoms with Crippen molar-refractivity contribution in [3.63, 3.8) is 0 Å². The monoisotopic (exact) mass is 260 g/mol. The standard InChI is InChI=1S/C13H9ClN2O2/c14-8-3-4-10-11(6-8)15-12(13(17)16-10)7-9-2-1-5-18-9/h1-7,15H,(H,16,17)/b12-7-. The third kappa shape index (κ3) is 1.98. The summed E-state index contributed by atoms with van der Waals surface area (Å²) in [5.41, 5.74) is 1.89. The van der Waals surface area contributed by atoms with Gasteiger partial charge >= 0.3 is 0 Å². The van der Waals surface area contributed by atoms with Crippen LogP contribution in [0.25, 0.3) is 6.08 Å². The first-order chi connectivity index (χ1) is 8.72. The van der Waals surface area contributed by atoms with Crippen molar-refractivity contribution in [2.75, 3.05) is 10.6 Å². The minimum Gasteiger partial charge on any atom is -0.465 e. The Kier molecular flexibility index (Phi) is 2.57. The van der Waals surface area contributed by atoms with Crippen LogP contribution in [0.3, 0.4) is 0 Å². The largest absolute Gasteiger partial charge is 0.465 e. The summed E-state index contributed by atoms with van der Waals surface area (Å²) in [6.45, 7) is 0. The van der Waals surface area contributed by atoms with Gasteiger partial charge in [0.1, 0.15) is 11.5 Å². The third-order valence-corrected chi connectivity index (χ3v) is 2.81. The molecule has 1 aromatic heterocycles. The lowest BCUT2D eigenvalue weighted by atomic mass is 10.2. The summed E-state index contributed by atoms with van der Waals surface area (Å²) < 4.78 is 5.17. The highest BCUT2D eigenvalue weighted by molar-refractivity contribution is 6.31. The SMILES string of the molecule is O=C1Nc2ccc(Cl)cc2N/C1=C\c1ccco1. The number of benzene rings is 1. The van der Waals surface area contributed by atoms with Crippen LogP contribution >= 0.6 is 11.6 Å². The Hall–Kier alpha value is -2.20. The Balaban J connectivity index is 1.98. The molecule has 2 aromatic rings. The molecule has 1 aliphatic heterocycles. The fourth-order valence-corrected chi connectivity index (χ4v) is 1.91. The maximum Gasteiger partial charge on any atom is 0.272 e. The highest BCUT2D eigenvalue weighted by Crippen LogP contribution is 2.31. The van der Waals surface area contributed by atoms with Crippen LogP contribution in [0, 0.1) is 0 Å². The summed E-state index contributed by atoms with van der Waals surface area (Å²) in [7, 11) is 0. The van der Waals surface area contributed by atoms with Crippen LogP contribution in [0.15, 0.2) is 46.7 Å². The summed E-state index contributed by atoms with van der Waals surface area (Å²) in [5.74, 6) is 0.402. The van der Waals surface area contributed by atoms with Gasteiger partial charge in [-0.2, -0.15) is 0 Å². The van der Waals surface area contributed by atoms with Crippen LogP contribution in [-0.4, -0.2) is 5.91 Å². The molecule has 18 heavy (non-hydrogen) atoms. The second-order valence-corrected chi connectivity index (χ2v) is 4.28. The molecule has 0 bridgehead atoms. The van der Waals surface area contributed by atoms with Gasteiger partial charge in [0.2, 0.25) is 0 Å². The quantitative estimate of drug-likeness (QED) is 0.773. The topological polar surface area (TPSA) is 54.3 Å². The number of halogens is 1. The van der Waals surface area contributed by atoms with Crippen molar-refractivity contribution in [2.45, 2.75) is 0 Å². The Morgan fingerprint density at radius 1 is 1.17 bits per heavy atom. The van der Waals surface area contributed by atoms with E-state index in [0.29, 0.717) is 22.2 Å². The van der Waals surface area contributed by atoms with Crippen molar-refractivity contribution in [1.82, 2.24) is 0 Å². The van der Waals surface area contributed by atoms with Gasteiger partial charge in [0.25, 0.3) is 5.91 Å². The predicted octanol–water partition coefficient (Wildman–Crippen LogP) is 3.34. The molecule has 0 fully saturated rings. The Bertz CT molecular complexity index is 632. The molecule has 2 N–H and O–H groups in total. The minimum atomic E-state index is -0.207. The number of amides is 1. The fourth-order valence-electron chi connectivity index (χ4n) is 1.74. The first-order valence-electron chi connectivity index (χ1n) is 5.35. The van der Waals surface area contributed by atoms with E-state index in [2.05, 4.69) is 10.6 Å². The first kappa shape index (κ1) is 10.9. The van der Waals surface area contributed by atoms with Crippen molar-refractivity contribution in [3.05, 3.63) is 53.1 Å². The van der Waals surface area contributed by atoms with Gasteiger partial charge in [-0.05, 0) is 30.3 Å². The van der Waals surface area contributed by atoms with Crippen molar-refractivity contribution in [1.29, 1.82) is 0 Å². The number of fused-ring (bicyclic) bond motifs is 1. The molecule has 0 aliphatic carbocycles. The smallest absolute Gasteiger partial charge is 0.272 e. The van der Waals surface area contributed by atoms with Crippen LogP contribution in [0.4, 0.5) is 11.4 Å². The molecule has 4 nitrogen and oxygen atoms in total. The van der Waals surface area contributed by atoms with Crippen molar-refractivity contribution < 1.29 is 9.21 Å². The maximum absolute atomic E-state index is 11.9. The van der Waals surface area contributed by atoms with E-state index in [9.17, 15) is 4.79 Å². The maximum atomic E-state index is 11.9. The highest BCUT2D eigenvalue weighted by Gasteiger charge is 2.19. The average Bonchev–Trinajstić information content (AvgIpc) is 2.83. The van der Waals surface area contributed by atoms with Gasteiger partial charge in [0, 0.05) is 11.1 Å². The van der Waals surface area contributed by atoms with Gasteiger partial charge in [-0.3, -0.25) is 4.79 Å². The van der Waals surface area contributed by atoms with Gasteiger partial charge in [-0.15, -0.1) is 0 Å². The van der Waals surface area contributed by atoms with Crippen molar-refractivity contribution in [3.8, 4) is 0 Å². The Labute approximate surface area is 108 Å². The van der Waals surface area contributed by atoms with Crippen LogP contribution in [0.1, 0.15) is 5.76 Å². The Morgan fingerprint density at radius 2 is 2.06 bits per heavy atom. The summed E-state index contributed by atoms with van der Waals surface area (Å²) in [6.07, 6.45) is 3.19. The number of rotatable bonds is 1. The zero-order valence-electron chi connectivity index (χ0n) is 9.24. The van der Waals surface area contributed by atoms with E-state index >= 15 is 0 Å². The molecule has 3 rings (SSSR count). The van der Waals surface area contributed by atoms with Crippen LogP contribution < -0.4 is 10.6 Å². The van der Waals surface area contributed by atoms with Gasteiger partial charge < -0.3 is 15.1 Å². The Morgan fingerprint density at radius 3 is 2.83 bits per heavy atom. The van der Waals surface area contributed by atoms with Gasteiger partial charge in [-0.25, -0.2) is 0 Å². The van der Waals surface area contributed by atoms with Gasteiger partial charge in [-0.1, -0.05) is 11.6 Å². The fraction of sp³-hybridized carbons (Fsp3) is 0. The number of furan rings is 1. The van der Waals surface area contributed by atoms with E-state index in [-0.39, 0.29) is 5.91 Å². The van der Waals surface area contributed by atoms with E-state index in [1.54, 1.807) is 42.7 Å². The zero-order valence-corrected chi connectivity index (χ0v) is 9.99. The molecule has 0 atom stereocenters. The van der Waals surface area contributed by atoms with Crippen LogP contribution in [-0.2, 0) is 4.79 Å². The molecular weight excluding hydrogens is 252 g/mol. The summed E-state index contributed by atoms with van der Waals surface area (Å²) in [6, 6.07) is 8.77. The number of carbonyl (C=O) groups excluding carboxylic acids is 1. The van der Waals surface area contributed by atoms with E-state index in [0.717, 1.165) is 5.69 Å². The molecule has 0 spiro atoms. The predicted molar refractivity (Wildman–Crippen MR) is 70.4 cm³/mol. The lowest BCUT2D eigenvalue weighted by molar-refractivity contribution is -0.112. The summed E-state index contributed by atoms with van der Waals surface area (Å²) in [5, 5.41) is 6.42. The molecule has 5 heteroatoms. The second-order valence-electron chi connectivity index (χ2n) is 3.84. The van der Waals surface area contributed by atoms with Gasteiger partial charge in [0.05, 0.1) is 17.6 Å². The lowest BCUT2D eigenvalue weighted by Gasteiger charge is -2.20. The number of nitrogens with one attached hydrogen (secondary N) is 2. The van der Waals surface area contributed by atoms with E-state index in [4.69, 9.17) is 16.0 Å². The summed E-state index contributed by atoms with van der Waals surface area (Å²) >= 11 is 5.91. The minimum absolute atomic E-state index is 0.207. The van der Waals surface area contributed by atoms with E-state index in [1.807, 2.05) is 0 Å². The number of anilines is 2. The lowest BCUT2D eigenvalue weighted by Crippen LogP contribution is -2.25. The molecule has 0 unspecified atom stereocenters. The molecule has 0 saturated heterocycles. The van der Waals surface area contributed by atoms with Gasteiger partial charge in [0.15, 0.2) is 0 Å².